The van der Waals surface area contributed by atoms with E-state index in [-0.39, 0.29) is 0 Å². The van der Waals surface area contributed by atoms with Crippen LogP contribution in [0.3, 0.4) is 0 Å². The van der Waals surface area contributed by atoms with Crippen LogP contribution >= 0.6 is 11.6 Å². The van der Waals surface area contributed by atoms with Gasteiger partial charge in [-0.3, -0.25) is 0 Å². The molecule has 4 aromatic rings. The molecule has 0 fully saturated rings. The fraction of sp³-hybridized carbons (Fsp3) is 0.269. The summed E-state index contributed by atoms with van der Waals surface area (Å²) in [4.78, 5) is 9.85. The van der Waals surface area contributed by atoms with Crippen LogP contribution in [0.4, 0.5) is 11.5 Å². The normalized spacial score (nSPS) is 11.1. The Morgan fingerprint density at radius 2 is 1.74 bits per heavy atom. The molecule has 0 aliphatic carbocycles. The number of rotatable bonds is 9. The van der Waals surface area contributed by atoms with E-state index < -0.39 is 0 Å². The SMILES string of the molecule is CNCCNCc1cccc(-c2nc(Nc3ccccc3)c(C)c(-c3c(C)noc3C)n2)c1Cl. The van der Waals surface area contributed by atoms with Gasteiger partial charge in [-0.15, -0.1) is 0 Å². The van der Waals surface area contributed by atoms with E-state index in [9.17, 15) is 0 Å². The molecule has 8 heteroatoms. The summed E-state index contributed by atoms with van der Waals surface area (Å²) in [5, 5.41) is 14.7. The third kappa shape index (κ3) is 5.12. The van der Waals surface area contributed by atoms with Crippen LogP contribution in [0.25, 0.3) is 22.6 Å². The largest absolute Gasteiger partial charge is 0.361 e. The summed E-state index contributed by atoms with van der Waals surface area (Å²) < 4.78 is 5.45. The van der Waals surface area contributed by atoms with E-state index in [0.717, 1.165) is 52.4 Å². The topological polar surface area (TPSA) is 87.9 Å². The summed E-state index contributed by atoms with van der Waals surface area (Å²) in [6.45, 7) is 8.20. The number of aryl methyl sites for hydroxylation is 2. The number of hydrogen-bond donors (Lipinski definition) is 3. The number of hydrogen-bond acceptors (Lipinski definition) is 7. The van der Waals surface area contributed by atoms with Crippen LogP contribution in [0.1, 0.15) is 22.6 Å². The predicted molar refractivity (Wildman–Crippen MR) is 138 cm³/mol. The molecule has 34 heavy (non-hydrogen) atoms. The van der Waals surface area contributed by atoms with Gasteiger partial charge in [0.05, 0.1) is 22.0 Å². The number of benzene rings is 2. The number of aromatic nitrogens is 3. The number of likely N-dealkylation sites (N-methyl/N-ethyl adjacent to an activating group) is 1. The molecule has 0 radical (unpaired) electrons. The Labute approximate surface area is 205 Å². The zero-order valence-corrected chi connectivity index (χ0v) is 20.6. The first-order valence-electron chi connectivity index (χ1n) is 11.3. The van der Waals surface area contributed by atoms with Crippen molar-refractivity contribution in [2.45, 2.75) is 27.3 Å². The molecule has 0 aliphatic rings. The molecule has 2 aromatic carbocycles. The predicted octanol–water partition coefficient (Wildman–Crippen LogP) is 5.43. The molecule has 3 N–H and O–H groups in total. The van der Waals surface area contributed by atoms with E-state index in [0.29, 0.717) is 29.0 Å². The lowest BCUT2D eigenvalue weighted by atomic mass is 10.0. The third-order valence-electron chi connectivity index (χ3n) is 5.64. The second-order valence-electron chi connectivity index (χ2n) is 8.12. The number of nitrogens with zero attached hydrogens (tertiary/aromatic N) is 3. The second kappa shape index (κ2) is 10.8. The molecule has 0 spiro atoms. The van der Waals surface area contributed by atoms with Crippen LogP contribution in [0.2, 0.25) is 5.02 Å². The zero-order chi connectivity index (χ0) is 24.1. The second-order valence-corrected chi connectivity index (χ2v) is 8.50. The highest BCUT2D eigenvalue weighted by molar-refractivity contribution is 6.34. The lowest BCUT2D eigenvalue weighted by molar-refractivity contribution is 0.393. The average Bonchev–Trinajstić information content (AvgIpc) is 3.17. The fourth-order valence-electron chi connectivity index (χ4n) is 3.81. The monoisotopic (exact) mass is 476 g/mol. The maximum Gasteiger partial charge on any atom is 0.163 e. The van der Waals surface area contributed by atoms with Gasteiger partial charge in [-0.2, -0.15) is 0 Å². The number of anilines is 2. The molecule has 4 rings (SSSR count). The van der Waals surface area contributed by atoms with Crippen molar-refractivity contribution in [2.24, 2.45) is 0 Å². The van der Waals surface area contributed by atoms with Crippen LogP contribution in [-0.4, -0.2) is 35.3 Å². The Hall–Kier alpha value is -3.26. The van der Waals surface area contributed by atoms with Gasteiger partial charge in [-0.1, -0.05) is 47.1 Å². The van der Waals surface area contributed by atoms with Gasteiger partial charge >= 0.3 is 0 Å². The minimum Gasteiger partial charge on any atom is -0.361 e. The summed E-state index contributed by atoms with van der Waals surface area (Å²) in [5.74, 6) is 1.96. The van der Waals surface area contributed by atoms with Crippen LogP contribution in [0.15, 0.2) is 53.1 Å². The molecule has 0 saturated carbocycles. The Balaban J connectivity index is 1.81. The van der Waals surface area contributed by atoms with Gasteiger partial charge in [0.1, 0.15) is 11.6 Å². The Morgan fingerprint density at radius 3 is 2.44 bits per heavy atom. The smallest absolute Gasteiger partial charge is 0.163 e. The average molecular weight is 477 g/mol. The van der Waals surface area contributed by atoms with E-state index in [1.165, 1.54) is 0 Å². The molecule has 0 atom stereocenters. The van der Waals surface area contributed by atoms with Gasteiger partial charge in [0.15, 0.2) is 5.82 Å². The Morgan fingerprint density at radius 1 is 0.941 bits per heavy atom. The highest BCUT2D eigenvalue weighted by atomic mass is 35.5. The summed E-state index contributed by atoms with van der Waals surface area (Å²) in [5.41, 5.74) is 6.04. The number of para-hydroxylation sites is 1. The lowest BCUT2D eigenvalue weighted by Gasteiger charge is -2.16. The molecule has 0 aliphatic heterocycles. The quantitative estimate of drug-likeness (QED) is 0.277. The zero-order valence-electron chi connectivity index (χ0n) is 19.9. The van der Waals surface area contributed by atoms with Crippen LogP contribution < -0.4 is 16.0 Å². The lowest BCUT2D eigenvalue weighted by Crippen LogP contribution is -2.24. The van der Waals surface area contributed by atoms with Crippen molar-refractivity contribution in [2.75, 3.05) is 25.5 Å². The Bertz CT molecular complexity index is 1250. The molecular formula is C26H29ClN6O. The highest BCUT2D eigenvalue weighted by Crippen LogP contribution is 2.36. The molecular weight excluding hydrogens is 448 g/mol. The maximum atomic E-state index is 6.86. The van der Waals surface area contributed by atoms with E-state index in [2.05, 4.69) is 21.1 Å². The minimum atomic E-state index is 0.543. The molecule has 0 unspecified atom stereocenters. The molecule has 2 heterocycles. The highest BCUT2D eigenvalue weighted by Gasteiger charge is 2.21. The first-order valence-corrected chi connectivity index (χ1v) is 11.6. The summed E-state index contributed by atoms with van der Waals surface area (Å²) in [7, 11) is 1.93. The van der Waals surface area contributed by atoms with Crippen molar-refractivity contribution < 1.29 is 4.52 Å². The summed E-state index contributed by atoms with van der Waals surface area (Å²) >= 11 is 6.86. The minimum absolute atomic E-state index is 0.543. The van der Waals surface area contributed by atoms with Crippen molar-refractivity contribution in [1.29, 1.82) is 0 Å². The van der Waals surface area contributed by atoms with Crippen molar-refractivity contribution in [3.8, 4) is 22.6 Å². The van der Waals surface area contributed by atoms with Gasteiger partial charge < -0.3 is 20.5 Å². The molecule has 0 bridgehead atoms. The van der Waals surface area contributed by atoms with E-state index in [1.54, 1.807) is 0 Å². The van der Waals surface area contributed by atoms with Crippen molar-refractivity contribution in [3.63, 3.8) is 0 Å². The first-order chi connectivity index (χ1) is 16.5. The van der Waals surface area contributed by atoms with Gasteiger partial charge in [-0.05, 0) is 51.6 Å². The molecule has 0 amide bonds. The summed E-state index contributed by atoms with van der Waals surface area (Å²) in [6.07, 6.45) is 0. The van der Waals surface area contributed by atoms with E-state index in [4.69, 9.17) is 26.1 Å². The van der Waals surface area contributed by atoms with Crippen LogP contribution in [0, 0.1) is 20.8 Å². The maximum absolute atomic E-state index is 6.86. The number of nitrogens with one attached hydrogen (secondary N) is 3. The van der Waals surface area contributed by atoms with Crippen molar-refractivity contribution in [3.05, 3.63) is 76.1 Å². The van der Waals surface area contributed by atoms with Gasteiger partial charge in [0, 0.05) is 36.4 Å². The van der Waals surface area contributed by atoms with Gasteiger partial charge in [0.2, 0.25) is 0 Å². The third-order valence-corrected chi connectivity index (χ3v) is 6.09. The molecule has 176 valence electrons. The van der Waals surface area contributed by atoms with Crippen molar-refractivity contribution >= 4 is 23.1 Å². The van der Waals surface area contributed by atoms with E-state index >= 15 is 0 Å². The van der Waals surface area contributed by atoms with Gasteiger partial charge in [0.25, 0.3) is 0 Å². The van der Waals surface area contributed by atoms with Crippen molar-refractivity contribution in [1.82, 2.24) is 25.8 Å². The van der Waals surface area contributed by atoms with E-state index in [1.807, 2.05) is 76.3 Å². The fourth-order valence-corrected chi connectivity index (χ4v) is 4.08. The van der Waals surface area contributed by atoms with Crippen LogP contribution in [0.5, 0.6) is 0 Å². The standard InChI is InChI=1S/C26H29ClN6O/c1-16-24(22-17(2)33-34-18(22)3)31-26(32-25(16)30-20-10-6-5-7-11-20)21-12-8-9-19(23(21)27)15-29-14-13-28-4/h5-12,28-29H,13-15H2,1-4H3,(H,30,31,32). The summed E-state index contributed by atoms with van der Waals surface area (Å²) in [6, 6.07) is 15.9. The van der Waals surface area contributed by atoms with Crippen LogP contribution in [-0.2, 0) is 6.54 Å². The number of halogens is 1. The molecule has 0 saturated heterocycles. The Kier molecular flexibility index (Phi) is 7.57. The molecule has 7 nitrogen and oxygen atoms in total. The first kappa shape index (κ1) is 23.9. The van der Waals surface area contributed by atoms with Gasteiger partial charge in [-0.25, -0.2) is 9.97 Å². The molecule has 2 aromatic heterocycles.